The van der Waals surface area contributed by atoms with Crippen LogP contribution in [0.25, 0.3) is 0 Å². The Kier molecular flexibility index (Phi) is 62.5. The number of hydrogen-bond donors (Lipinski definition) is 3. The number of nitrogen functional groups attached to an aromatic ring is 1. The van der Waals surface area contributed by atoms with Crippen LogP contribution < -0.4 is 128 Å². The summed E-state index contributed by atoms with van der Waals surface area (Å²) >= 11 is 18.4. The van der Waals surface area contributed by atoms with Gasteiger partial charge in [0.1, 0.15) is 11.9 Å². The number of nitrogens with zero attached hydrogens (tertiary/aromatic N) is 4. The number of nitro groups is 4. The molecule has 5 aromatic carbocycles. The smallest absolute Gasteiger partial charge is 1.00 e. The molecule has 486 valence electrons. The van der Waals surface area contributed by atoms with Gasteiger partial charge < -0.3 is 41.7 Å². The largest absolute Gasteiger partial charge is 1.00 e. The van der Waals surface area contributed by atoms with E-state index in [-0.39, 0.29) is 151 Å². The first-order valence-electron chi connectivity index (χ1n) is 26.3. The predicted molar refractivity (Wildman–Crippen MR) is 370 cm³/mol. The van der Waals surface area contributed by atoms with Crippen molar-refractivity contribution < 1.29 is 168 Å². The second kappa shape index (κ2) is 58.7. The van der Waals surface area contributed by atoms with Crippen LogP contribution in [0.1, 0.15) is 92.8 Å². The Morgan fingerprint density at radius 2 is 0.989 bits per heavy atom. The number of rotatable bonds is 22. The number of nitro benzene ring substituents is 4. The molecule has 0 aliphatic rings. The first kappa shape index (κ1) is 95.8. The molecule has 21 nitrogen and oxygen atoms in total. The third-order valence-corrected chi connectivity index (χ3v) is 13.3. The van der Waals surface area contributed by atoms with Gasteiger partial charge >= 0.3 is 126 Å². The average molecular weight is 1740 g/mol. The van der Waals surface area contributed by atoms with E-state index < -0.39 is 31.2 Å². The molecule has 0 fully saturated rings. The SMILES string of the molecule is C/C=C/Cc1cc(Br)cc(N)c1OCCC.C/C=C/Cc1cc(Br)cc([N+](=O)[O-])c1O.C/C=C/Cc1cc(Br)cc([N+](=O)[O-])c1OCCC.C=CC(C)O.C=CC(C)Oc1ccc(Br)cc1[N+](=O)[O-].CCCI.O=CO[O-].O=[N+]([O-])c1cc(Br)ccc1F.[H-].[K+].[K+]. The van der Waals surface area contributed by atoms with Gasteiger partial charge in [-0.25, -0.2) is 0 Å². The number of hydrogen-bond acceptors (Lipinski definition) is 17. The van der Waals surface area contributed by atoms with E-state index in [4.69, 9.17) is 35.1 Å². The third kappa shape index (κ3) is 43.9. The van der Waals surface area contributed by atoms with Gasteiger partial charge in [-0.1, -0.05) is 178 Å². The van der Waals surface area contributed by atoms with Crippen molar-refractivity contribution in [1.82, 2.24) is 0 Å². The topological polar surface area (TPSA) is 316 Å². The molecule has 5 aromatic rings. The van der Waals surface area contributed by atoms with Crippen LogP contribution in [-0.4, -0.2) is 66.2 Å². The summed E-state index contributed by atoms with van der Waals surface area (Å²) in [5.41, 5.74) is 8.30. The number of nitrogens with two attached hydrogens (primary N) is 1. The molecule has 2 atom stereocenters. The number of phenols is 1. The van der Waals surface area contributed by atoms with Crippen molar-refractivity contribution in [1.29, 1.82) is 0 Å². The normalized spacial score (nSPS) is 10.4. The van der Waals surface area contributed by atoms with Gasteiger partial charge in [0.15, 0.2) is 11.5 Å². The van der Waals surface area contributed by atoms with Gasteiger partial charge in [-0.15, -0.1) is 6.58 Å². The summed E-state index contributed by atoms with van der Waals surface area (Å²) in [5.74, 6) is 0.362. The van der Waals surface area contributed by atoms with Crippen LogP contribution in [-0.2, 0) is 28.9 Å². The third-order valence-electron chi connectivity index (χ3n) is 9.86. The van der Waals surface area contributed by atoms with Crippen LogP contribution in [0.4, 0.5) is 32.8 Å². The summed E-state index contributed by atoms with van der Waals surface area (Å²) in [4.78, 5) is 51.5. The minimum Gasteiger partial charge on any atom is -1.00 e. The monoisotopic (exact) mass is 1740 g/mol. The van der Waals surface area contributed by atoms with Crippen molar-refractivity contribution in [3.05, 3.63) is 220 Å². The molecule has 0 saturated heterocycles. The summed E-state index contributed by atoms with van der Waals surface area (Å²) < 4.78 is 33.8. The van der Waals surface area contributed by atoms with Gasteiger partial charge in [-0.2, -0.15) is 4.39 Å². The van der Waals surface area contributed by atoms with Gasteiger partial charge in [0.25, 0.3) is 6.47 Å². The average Bonchev–Trinajstić information content (AvgIpc) is 3.09. The molecule has 0 aliphatic heterocycles. The van der Waals surface area contributed by atoms with Crippen molar-refractivity contribution in [3.8, 4) is 23.0 Å². The Balaban J connectivity index is -0.000000235. The summed E-state index contributed by atoms with van der Waals surface area (Å²) in [6.45, 7) is 23.3. The zero-order chi connectivity index (χ0) is 67.9. The number of anilines is 1. The Morgan fingerprint density at radius 3 is 1.37 bits per heavy atom. The molecule has 0 aromatic heterocycles. The maximum atomic E-state index is 12.6. The number of aliphatic hydroxyl groups is 1. The number of carbonyl (C=O) groups excluding carboxylic acids is 1. The van der Waals surface area contributed by atoms with Crippen molar-refractivity contribution in [2.24, 2.45) is 0 Å². The van der Waals surface area contributed by atoms with Gasteiger partial charge in [-0.3, -0.25) is 45.3 Å². The van der Waals surface area contributed by atoms with Crippen LogP contribution in [0.5, 0.6) is 23.0 Å². The van der Waals surface area contributed by atoms with Crippen LogP contribution in [0.15, 0.2) is 157 Å². The minimum absolute atomic E-state index is 0. The molecule has 5 rings (SSSR count). The number of allylic oxidation sites excluding steroid dienone is 6. The maximum absolute atomic E-state index is 12.6. The van der Waals surface area contributed by atoms with Crippen LogP contribution in [0.2, 0.25) is 0 Å². The van der Waals surface area contributed by atoms with Gasteiger partial charge in [-0.05, 0) is 126 Å². The van der Waals surface area contributed by atoms with Gasteiger partial charge in [0.2, 0.25) is 11.6 Å². The summed E-state index contributed by atoms with van der Waals surface area (Å²) in [6, 6.07) is 18.5. The fraction of sp³-hybridized carbons (Fsp3) is 0.317. The molecule has 0 saturated carbocycles. The van der Waals surface area contributed by atoms with E-state index in [2.05, 4.69) is 146 Å². The van der Waals surface area contributed by atoms with E-state index >= 15 is 0 Å². The van der Waals surface area contributed by atoms with Crippen molar-refractivity contribution in [2.45, 2.75) is 106 Å². The number of halogens is 7. The standard InChI is InChI=1S/C13H16BrNO3.C13H18BrNO.2C10H10BrNO3.C6H3BrFNO2.C4H8O.C3H7I.CH2O3.2K.H/c1-3-5-6-10-8-11(14)9-12(15(16)17)13(10)18-7-4-2;1-3-5-6-10-8-11(14)9-12(15)13(10)16-7-4-2;1-3-7(2)15-10-5-4-8(11)6-9(10)12(13)14;1-2-3-4-7-5-8(11)6-9(10(7)13)12(14)15;7-4-1-2-5(8)6(3-4)9(10)11;1-3-4(2)5;1-2-3-4;2-1-4-3;;;/h3,5,8-9H,4,6-7H2,1-2H3;3,5,8-9H,4,6-7,15H2,1-2H3;3-7H,1H2,2H3;2-3,5-6,13H,4H2,1H3;1-3H;3-5H,1H2,2H3;2-3H2,1H3;1,3H;;;/q;;;;;;;;2*+1;-1/p-1/b2*5-3+;;3-2+;;;;;;;. The molecular formula is C60H74Br5FIK2N5O16. The molecule has 0 radical (unpaired) electrons. The van der Waals surface area contributed by atoms with Gasteiger partial charge in [0, 0.05) is 63.3 Å². The zero-order valence-electron chi connectivity index (χ0n) is 52.7. The zero-order valence-corrected chi connectivity index (χ0v) is 68.0. The van der Waals surface area contributed by atoms with Crippen molar-refractivity contribution in [2.75, 3.05) is 23.4 Å². The Bertz CT molecular complexity index is 3070. The molecule has 90 heavy (non-hydrogen) atoms. The van der Waals surface area contributed by atoms with E-state index in [9.17, 15) is 50.0 Å². The van der Waals surface area contributed by atoms with E-state index in [1.54, 1.807) is 38.1 Å². The number of phenolic OH excluding ortho intramolecular Hbond substituents is 1. The quantitative estimate of drug-likeness (QED) is 0.00667. The number of ether oxygens (including phenoxy) is 3. The summed E-state index contributed by atoms with van der Waals surface area (Å²) in [7, 11) is 0. The van der Waals surface area contributed by atoms with E-state index in [1.807, 2.05) is 70.2 Å². The summed E-state index contributed by atoms with van der Waals surface area (Å²) in [6.07, 6.45) is 19.1. The molecule has 30 heteroatoms. The molecular weight excluding hydrogens is 1670 g/mol. The van der Waals surface area contributed by atoms with Gasteiger partial charge in [0.05, 0.1) is 44.7 Å². The maximum Gasteiger partial charge on any atom is 1.00 e. The molecule has 0 spiro atoms. The minimum atomic E-state index is -0.821. The van der Waals surface area contributed by atoms with Crippen molar-refractivity contribution in [3.63, 3.8) is 0 Å². The number of aliphatic hydroxyl groups excluding tert-OH is 1. The Hall–Kier alpha value is -2.88. The molecule has 0 aliphatic carbocycles. The number of aromatic hydroxyl groups is 1. The number of benzene rings is 5. The molecule has 4 N–H and O–H groups in total. The fourth-order valence-electron chi connectivity index (χ4n) is 5.77. The molecule has 0 heterocycles. The predicted octanol–water partition coefficient (Wildman–Crippen LogP) is 12.1. The first-order chi connectivity index (χ1) is 41.6. The van der Waals surface area contributed by atoms with E-state index in [0.29, 0.717) is 60.9 Å². The van der Waals surface area contributed by atoms with Crippen LogP contribution >= 0.6 is 102 Å². The number of carbonyl (C=O) groups is 1. The second-order valence-electron chi connectivity index (χ2n) is 17.0. The fourth-order valence-corrected chi connectivity index (χ4v) is 7.98. The van der Waals surface area contributed by atoms with Crippen LogP contribution in [0.3, 0.4) is 0 Å². The molecule has 0 bridgehead atoms. The van der Waals surface area contributed by atoms with E-state index in [0.717, 1.165) is 52.7 Å². The molecule has 2 unspecified atom stereocenters. The summed E-state index contributed by atoms with van der Waals surface area (Å²) in [5, 5.41) is 68.8. The second-order valence-corrected chi connectivity index (χ2v) is 22.7. The Morgan fingerprint density at radius 1 is 0.622 bits per heavy atom. The Labute approximate surface area is 667 Å². The first-order valence-corrected chi connectivity index (χ1v) is 31.8. The van der Waals surface area contributed by atoms with E-state index in [1.165, 1.54) is 41.2 Å². The molecule has 0 amide bonds. The number of alkyl halides is 1. The van der Waals surface area contributed by atoms with Crippen molar-refractivity contribution >= 4 is 137 Å². The van der Waals surface area contributed by atoms with Crippen LogP contribution in [0, 0.1) is 46.3 Å².